The van der Waals surface area contributed by atoms with Crippen LogP contribution in [0, 0.1) is 20.2 Å². The molecular weight excluding hydrogens is 324 g/mol. The summed E-state index contributed by atoms with van der Waals surface area (Å²) in [5.41, 5.74) is 2.73. The molecule has 8 nitrogen and oxygen atoms in total. The third kappa shape index (κ3) is 3.42. The van der Waals surface area contributed by atoms with Gasteiger partial charge in [-0.3, -0.25) is 25.7 Å². The molecule has 3 aromatic rings. The summed E-state index contributed by atoms with van der Waals surface area (Å²) in [7, 11) is 0. The van der Waals surface area contributed by atoms with E-state index in [1.165, 1.54) is 12.1 Å². The Morgan fingerprint density at radius 3 is 2.44 bits per heavy atom. The minimum absolute atomic E-state index is 0.0760. The van der Waals surface area contributed by atoms with E-state index in [-0.39, 0.29) is 11.4 Å². The zero-order valence-electron chi connectivity index (χ0n) is 12.8. The van der Waals surface area contributed by atoms with Crippen LogP contribution in [0.4, 0.5) is 17.1 Å². The zero-order chi connectivity index (χ0) is 17.8. The summed E-state index contributed by atoms with van der Waals surface area (Å²) in [6.45, 7) is 0. The molecule has 0 saturated carbocycles. The van der Waals surface area contributed by atoms with E-state index in [0.29, 0.717) is 0 Å². The number of nitro groups is 2. The van der Waals surface area contributed by atoms with Gasteiger partial charge >= 0.3 is 5.69 Å². The van der Waals surface area contributed by atoms with Crippen molar-refractivity contribution in [2.24, 2.45) is 5.10 Å². The molecule has 0 aromatic heterocycles. The van der Waals surface area contributed by atoms with Gasteiger partial charge in [0.2, 0.25) is 0 Å². The summed E-state index contributed by atoms with van der Waals surface area (Å²) in [5.74, 6) is 0. The lowest BCUT2D eigenvalue weighted by atomic mass is 10.1. The van der Waals surface area contributed by atoms with E-state index in [9.17, 15) is 20.2 Å². The molecule has 0 heterocycles. The Morgan fingerprint density at radius 1 is 0.920 bits per heavy atom. The Kier molecular flexibility index (Phi) is 4.34. The molecule has 124 valence electrons. The number of nitro benzene ring substituents is 2. The molecule has 3 rings (SSSR count). The second kappa shape index (κ2) is 6.75. The monoisotopic (exact) mass is 336 g/mol. The predicted octanol–water partition coefficient (Wildman–Crippen LogP) is 4.10. The maximum atomic E-state index is 11.1. The van der Waals surface area contributed by atoms with E-state index in [1.807, 2.05) is 42.5 Å². The van der Waals surface area contributed by atoms with Crippen molar-refractivity contribution < 1.29 is 9.85 Å². The lowest BCUT2D eigenvalue weighted by Crippen LogP contribution is -1.98. The van der Waals surface area contributed by atoms with Crippen LogP contribution < -0.4 is 5.43 Å². The highest BCUT2D eigenvalue weighted by atomic mass is 16.6. The van der Waals surface area contributed by atoms with Crippen molar-refractivity contribution in [3.63, 3.8) is 0 Å². The molecule has 0 saturated heterocycles. The molecule has 0 fully saturated rings. The van der Waals surface area contributed by atoms with Crippen molar-refractivity contribution in [2.75, 3.05) is 5.43 Å². The van der Waals surface area contributed by atoms with E-state index in [1.54, 1.807) is 6.21 Å². The first-order chi connectivity index (χ1) is 12.1. The third-order valence-electron chi connectivity index (χ3n) is 3.60. The summed E-state index contributed by atoms with van der Waals surface area (Å²) in [4.78, 5) is 20.5. The van der Waals surface area contributed by atoms with Gasteiger partial charge in [-0.05, 0) is 16.8 Å². The first-order valence-corrected chi connectivity index (χ1v) is 7.26. The van der Waals surface area contributed by atoms with Crippen molar-refractivity contribution in [1.82, 2.24) is 0 Å². The van der Waals surface area contributed by atoms with Gasteiger partial charge in [0.05, 0.1) is 22.1 Å². The molecule has 0 radical (unpaired) electrons. The van der Waals surface area contributed by atoms with Crippen LogP contribution in [0.15, 0.2) is 65.8 Å². The lowest BCUT2D eigenvalue weighted by Gasteiger charge is -2.03. The van der Waals surface area contributed by atoms with E-state index in [0.717, 1.165) is 22.4 Å². The number of rotatable bonds is 5. The average molecular weight is 336 g/mol. The fourth-order valence-corrected chi connectivity index (χ4v) is 2.41. The van der Waals surface area contributed by atoms with Gasteiger partial charge in [0, 0.05) is 11.6 Å². The summed E-state index contributed by atoms with van der Waals surface area (Å²) in [6, 6.07) is 16.8. The van der Waals surface area contributed by atoms with Crippen molar-refractivity contribution >= 4 is 34.0 Å². The maximum absolute atomic E-state index is 11.1. The molecule has 0 spiro atoms. The van der Waals surface area contributed by atoms with Crippen LogP contribution in [-0.2, 0) is 0 Å². The Bertz CT molecular complexity index is 996. The molecule has 3 aromatic carbocycles. The van der Waals surface area contributed by atoms with Crippen LogP contribution in [0.25, 0.3) is 10.8 Å². The van der Waals surface area contributed by atoms with Gasteiger partial charge in [0.1, 0.15) is 5.69 Å². The number of hydrazone groups is 1. The standard InChI is InChI=1S/C17H12N4O4/c22-20(23)14-8-9-16(17(10-14)21(24)25)19-18-11-13-6-3-5-12-4-1-2-7-15(12)13/h1-11,19H/b18-11+. The highest BCUT2D eigenvalue weighted by Crippen LogP contribution is 2.29. The minimum atomic E-state index is -0.692. The fourth-order valence-electron chi connectivity index (χ4n) is 2.41. The Hall–Kier alpha value is -3.81. The summed E-state index contributed by atoms with van der Waals surface area (Å²) >= 11 is 0. The third-order valence-corrected chi connectivity index (χ3v) is 3.60. The summed E-state index contributed by atoms with van der Waals surface area (Å²) in [6.07, 6.45) is 1.55. The molecular formula is C17H12N4O4. The normalized spacial score (nSPS) is 10.9. The molecule has 25 heavy (non-hydrogen) atoms. The van der Waals surface area contributed by atoms with Crippen LogP contribution in [0.5, 0.6) is 0 Å². The van der Waals surface area contributed by atoms with Gasteiger partial charge in [-0.1, -0.05) is 42.5 Å². The topological polar surface area (TPSA) is 111 Å². The number of hydrogen-bond donors (Lipinski definition) is 1. The quantitative estimate of drug-likeness (QED) is 0.428. The van der Waals surface area contributed by atoms with Gasteiger partial charge in [-0.25, -0.2) is 0 Å². The number of non-ortho nitro benzene ring substituents is 1. The van der Waals surface area contributed by atoms with Crippen LogP contribution in [0.1, 0.15) is 5.56 Å². The van der Waals surface area contributed by atoms with Crippen molar-refractivity contribution in [1.29, 1.82) is 0 Å². The van der Waals surface area contributed by atoms with E-state index in [2.05, 4.69) is 10.5 Å². The van der Waals surface area contributed by atoms with Gasteiger partial charge in [0.25, 0.3) is 5.69 Å². The molecule has 0 atom stereocenters. The highest BCUT2D eigenvalue weighted by Gasteiger charge is 2.19. The minimum Gasteiger partial charge on any atom is -0.272 e. The van der Waals surface area contributed by atoms with E-state index in [4.69, 9.17) is 0 Å². The van der Waals surface area contributed by atoms with Gasteiger partial charge in [-0.2, -0.15) is 5.10 Å². The van der Waals surface area contributed by atoms with Crippen molar-refractivity contribution in [2.45, 2.75) is 0 Å². The van der Waals surface area contributed by atoms with Crippen molar-refractivity contribution in [3.8, 4) is 0 Å². The van der Waals surface area contributed by atoms with Gasteiger partial charge < -0.3 is 0 Å². The van der Waals surface area contributed by atoms with Gasteiger partial charge in [-0.15, -0.1) is 0 Å². The molecule has 0 aliphatic carbocycles. The first-order valence-electron chi connectivity index (χ1n) is 7.26. The predicted molar refractivity (Wildman–Crippen MR) is 94.9 cm³/mol. The molecule has 0 aliphatic heterocycles. The van der Waals surface area contributed by atoms with Crippen molar-refractivity contribution in [3.05, 3.63) is 86.5 Å². The number of hydrogen-bond acceptors (Lipinski definition) is 6. The second-order valence-corrected chi connectivity index (χ2v) is 5.15. The number of fused-ring (bicyclic) bond motifs is 1. The van der Waals surface area contributed by atoms with Crippen LogP contribution in [-0.4, -0.2) is 16.1 Å². The maximum Gasteiger partial charge on any atom is 0.301 e. The summed E-state index contributed by atoms with van der Waals surface area (Å²) < 4.78 is 0. The number of nitrogens with zero attached hydrogens (tertiary/aromatic N) is 3. The van der Waals surface area contributed by atoms with Crippen LogP contribution in [0.2, 0.25) is 0 Å². The Labute approximate surface area is 141 Å². The molecule has 0 amide bonds. The highest BCUT2D eigenvalue weighted by molar-refractivity contribution is 5.99. The second-order valence-electron chi connectivity index (χ2n) is 5.15. The van der Waals surface area contributed by atoms with Crippen LogP contribution in [0.3, 0.4) is 0 Å². The Balaban J connectivity index is 1.89. The summed E-state index contributed by atoms with van der Waals surface area (Å²) in [5, 5.41) is 27.9. The number of benzene rings is 3. The molecule has 1 N–H and O–H groups in total. The lowest BCUT2D eigenvalue weighted by molar-refractivity contribution is -0.393. The molecule has 0 bridgehead atoms. The number of anilines is 1. The average Bonchev–Trinajstić information content (AvgIpc) is 2.61. The SMILES string of the molecule is O=[N+]([O-])c1ccc(N/N=C/c2cccc3ccccc23)c([N+](=O)[O-])c1. The smallest absolute Gasteiger partial charge is 0.272 e. The number of nitrogens with one attached hydrogen (secondary N) is 1. The van der Waals surface area contributed by atoms with E-state index < -0.39 is 15.5 Å². The molecule has 0 unspecified atom stereocenters. The van der Waals surface area contributed by atoms with Crippen LogP contribution >= 0.6 is 0 Å². The van der Waals surface area contributed by atoms with Gasteiger partial charge in [0.15, 0.2) is 0 Å². The Morgan fingerprint density at radius 2 is 1.68 bits per heavy atom. The van der Waals surface area contributed by atoms with E-state index >= 15 is 0 Å². The largest absolute Gasteiger partial charge is 0.301 e. The zero-order valence-corrected chi connectivity index (χ0v) is 12.8. The molecule has 0 aliphatic rings. The fraction of sp³-hybridized carbons (Fsp3) is 0. The molecule has 8 heteroatoms. The first kappa shape index (κ1) is 16.1.